The molecule has 4 heteroatoms. The molecule has 2 rings (SSSR count). The summed E-state index contributed by atoms with van der Waals surface area (Å²) in [6.07, 6.45) is 12.7. The molecule has 0 radical (unpaired) electrons. The van der Waals surface area contributed by atoms with E-state index in [1.165, 1.54) is 71.0 Å². The number of rotatable bonds is 9. The van der Waals surface area contributed by atoms with Crippen LogP contribution in [0.25, 0.3) is 0 Å². The smallest absolute Gasteiger partial charge is 0.0310 e. The van der Waals surface area contributed by atoms with Crippen molar-refractivity contribution in [2.45, 2.75) is 70.4 Å². The van der Waals surface area contributed by atoms with Gasteiger partial charge in [0.05, 0.1) is 0 Å². The Morgan fingerprint density at radius 1 is 1.41 bits per heavy atom. The van der Waals surface area contributed by atoms with Gasteiger partial charge in [-0.05, 0) is 45.2 Å². The molecule has 1 atom stereocenters. The van der Waals surface area contributed by atoms with E-state index in [0.717, 1.165) is 19.1 Å². The number of hydrogen-bond acceptors (Lipinski definition) is 4. The molecule has 0 bridgehead atoms. The van der Waals surface area contributed by atoms with Crippen molar-refractivity contribution >= 4 is 0 Å². The molecule has 0 amide bonds. The molecule has 1 fully saturated rings. The van der Waals surface area contributed by atoms with Gasteiger partial charge in [0.1, 0.15) is 0 Å². The van der Waals surface area contributed by atoms with E-state index in [9.17, 15) is 0 Å². The average molecular weight is 309 g/mol. The van der Waals surface area contributed by atoms with Gasteiger partial charge < -0.3 is 21.3 Å². The van der Waals surface area contributed by atoms with Gasteiger partial charge in [-0.2, -0.15) is 0 Å². The van der Waals surface area contributed by atoms with E-state index in [2.05, 4.69) is 28.5 Å². The first-order valence-electron chi connectivity index (χ1n) is 9.45. The molecule has 0 saturated carbocycles. The molecule has 0 aromatic rings. The molecule has 22 heavy (non-hydrogen) atoms. The number of nitrogens with one attached hydrogen (secondary N) is 2. The average Bonchev–Trinajstić information content (AvgIpc) is 2.58. The number of nitrogens with two attached hydrogens (primary N) is 1. The van der Waals surface area contributed by atoms with Gasteiger partial charge in [0, 0.05) is 43.8 Å². The molecule has 4 N–H and O–H groups in total. The Morgan fingerprint density at radius 3 is 2.95 bits per heavy atom. The van der Waals surface area contributed by atoms with Gasteiger partial charge in [0.25, 0.3) is 0 Å². The van der Waals surface area contributed by atoms with Crippen LogP contribution in [0, 0.1) is 0 Å². The second-order valence-corrected chi connectivity index (χ2v) is 6.80. The molecule has 0 aromatic heterocycles. The third-order valence-corrected chi connectivity index (χ3v) is 5.04. The van der Waals surface area contributed by atoms with Crippen LogP contribution in [-0.4, -0.2) is 49.7 Å². The summed E-state index contributed by atoms with van der Waals surface area (Å²) >= 11 is 0. The largest absolute Gasteiger partial charge is 0.372 e. The van der Waals surface area contributed by atoms with Crippen molar-refractivity contribution in [3.63, 3.8) is 0 Å². The minimum atomic E-state index is 0.595. The molecule has 0 aliphatic carbocycles. The predicted octanol–water partition coefficient (Wildman–Crippen LogP) is 2.22. The van der Waals surface area contributed by atoms with E-state index in [-0.39, 0.29) is 0 Å². The van der Waals surface area contributed by atoms with Crippen molar-refractivity contribution in [3.8, 4) is 0 Å². The summed E-state index contributed by atoms with van der Waals surface area (Å²) in [6.45, 7) is 7.57. The molecule has 2 heterocycles. The highest BCUT2D eigenvalue weighted by molar-refractivity contribution is 5.09. The van der Waals surface area contributed by atoms with E-state index in [0.29, 0.717) is 6.04 Å². The zero-order valence-electron chi connectivity index (χ0n) is 14.4. The fourth-order valence-corrected chi connectivity index (χ4v) is 3.79. The van der Waals surface area contributed by atoms with Gasteiger partial charge in [0.2, 0.25) is 0 Å². The Labute approximate surface area is 136 Å². The predicted molar refractivity (Wildman–Crippen MR) is 94.9 cm³/mol. The third-order valence-electron chi connectivity index (χ3n) is 5.04. The maximum absolute atomic E-state index is 5.69. The van der Waals surface area contributed by atoms with Crippen molar-refractivity contribution in [2.24, 2.45) is 5.73 Å². The topological polar surface area (TPSA) is 53.3 Å². The molecule has 2 aliphatic rings. The minimum Gasteiger partial charge on any atom is -0.372 e. The van der Waals surface area contributed by atoms with Crippen molar-refractivity contribution in [1.29, 1.82) is 0 Å². The fraction of sp³-hybridized carbons (Fsp3) is 0.889. The molecule has 1 saturated heterocycles. The SMILES string of the molecule is CCCCC(CC1=CCCCN1C1CCNCC1)NCCN. The monoisotopic (exact) mass is 308 g/mol. The van der Waals surface area contributed by atoms with Crippen LogP contribution in [0.1, 0.15) is 58.3 Å². The normalized spacial score (nSPS) is 21.7. The fourth-order valence-electron chi connectivity index (χ4n) is 3.79. The Kier molecular flexibility index (Phi) is 8.27. The maximum atomic E-state index is 5.69. The number of nitrogens with zero attached hydrogens (tertiary/aromatic N) is 1. The van der Waals surface area contributed by atoms with Crippen molar-refractivity contribution < 1.29 is 0 Å². The first-order valence-corrected chi connectivity index (χ1v) is 9.45. The third kappa shape index (κ3) is 5.56. The standard InChI is InChI=1S/C18H36N4/c1-2-3-6-16(21-13-10-19)15-18-7-4-5-14-22(18)17-8-11-20-12-9-17/h7,16-17,20-21H,2-6,8-15,19H2,1H3. The molecular weight excluding hydrogens is 272 g/mol. The van der Waals surface area contributed by atoms with Gasteiger partial charge in [-0.3, -0.25) is 0 Å². The lowest BCUT2D eigenvalue weighted by Gasteiger charge is -2.41. The molecule has 128 valence electrons. The molecule has 0 spiro atoms. The van der Waals surface area contributed by atoms with Crippen LogP contribution in [-0.2, 0) is 0 Å². The van der Waals surface area contributed by atoms with Crippen LogP contribution < -0.4 is 16.4 Å². The summed E-state index contributed by atoms with van der Waals surface area (Å²) < 4.78 is 0. The Hall–Kier alpha value is -0.580. The second-order valence-electron chi connectivity index (χ2n) is 6.80. The minimum absolute atomic E-state index is 0.595. The zero-order chi connectivity index (χ0) is 15.6. The van der Waals surface area contributed by atoms with Gasteiger partial charge in [0.15, 0.2) is 0 Å². The van der Waals surface area contributed by atoms with E-state index in [1.54, 1.807) is 5.70 Å². The number of piperidine rings is 1. The first-order chi connectivity index (χ1) is 10.8. The molecule has 4 nitrogen and oxygen atoms in total. The van der Waals surface area contributed by atoms with Gasteiger partial charge in [-0.15, -0.1) is 0 Å². The Bertz CT molecular complexity index is 315. The summed E-state index contributed by atoms with van der Waals surface area (Å²) in [5.41, 5.74) is 7.29. The molecular formula is C18H36N4. The summed E-state index contributed by atoms with van der Waals surface area (Å²) in [5, 5.41) is 7.16. The van der Waals surface area contributed by atoms with Crippen LogP contribution in [0.15, 0.2) is 11.8 Å². The van der Waals surface area contributed by atoms with Gasteiger partial charge >= 0.3 is 0 Å². The van der Waals surface area contributed by atoms with Crippen molar-refractivity contribution in [1.82, 2.24) is 15.5 Å². The maximum Gasteiger partial charge on any atom is 0.0310 e. The summed E-state index contributed by atoms with van der Waals surface area (Å²) in [6, 6.07) is 1.35. The van der Waals surface area contributed by atoms with Gasteiger partial charge in [-0.25, -0.2) is 0 Å². The highest BCUT2D eigenvalue weighted by Gasteiger charge is 2.25. The van der Waals surface area contributed by atoms with Crippen molar-refractivity contribution in [2.75, 3.05) is 32.7 Å². The van der Waals surface area contributed by atoms with Crippen LogP contribution in [0.3, 0.4) is 0 Å². The number of hydrogen-bond donors (Lipinski definition) is 3. The quantitative estimate of drug-likeness (QED) is 0.611. The molecule has 1 unspecified atom stereocenters. The lowest BCUT2D eigenvalue weighted by atomic mass is 9.96. The van der Waals surface area contributed by atoms with E-state index >= 15 is 0 Å². The first kappa shape index (κ1) is 17.8. The van der Waals surface area contributed by atoms with Crippen LogP contribution in [0.2, 0.25) is 0 Å². The molecule has 0 aromatic carbocycles. The summed E-state index contributed by atoms with van der Waals surface area (Å²) in [5.74, 6) is 0. The molecule has 2 aliphatic heterocycles. The van der Waals surface area contributed by atoms with Crippen LogP contribution in [0.4, 0.5) is 0 Å². The summed E-state index contributed by atoms with van der Waals surface area (Å²) in [4.78, 5) is 2.73. The van der Waals surface area contributed by atoms with Crippen molar-refractivity contribution in [3.05, 3.63) is 11.8 Å². The Morgan fingerprint density at radius 2 is 2.23 bits per heavy atom. The van der Waals surface area contributed by atoms with E-state index in [1.807, 2.05) is 0 Å². The lowest BCUT2D eigenvalue weighted by molar-refractivity contribution is 0.186. The summed E-state index contributed by atoms with van der Waals surface area (Å²) in [7, 11) is 0. The van der Waals surface area contributed by atoms with Crippen LogP contribution in [0.5, 0.6) is 0 Å². The van der Waals surface area contributed by atoms with E-state index in [4.69, 9.17) is 5.73 Å². The van der Waals surface area contributed by atoms with Gasteiger partial charge in [-0.1, -0.05) is 25.8 Å². The highest BCUT2D eigenvalue weighted by atomic mass is 15.2. The highest BCUT2D eigenvalue weighted by Crippen LogP contribution is 2.26. The second kappa shape index (κ2) is 10.2. The van der Waals surface area contributed by atoms with Crippen LogP contribution >= 0.6 is 0 Å². The number of unbranched alkanes of at least 4 members (excludes halogenated alkanes) is 1. The Balaban J connectivity index is 1.93. The van der Waals surface area contributed by atoms with E-state index < -0.39 is 0 Å². The zero-order valence-corrected chi connectivity index (χ0v) is 14.4. The lowest BCUT2D eigenvalue weighted by Crippen LogP contribution is -2.45. The number of allylic oxidation sites excluding steroid dienone is 1.